The third-order valence-electron chi connectivity index (χ3n) is 7.95. The van der Waals surface area contributed by atoms with Crippen molar-refractivity contribution in [1.82, 2.24) is 9.97 Å². The van der Waals surface area contributed by atoms with Crippen molar-refractivity contribution in [2.24, 2.45) is 0 Å². The Labute approximate surface area is 284 Å². The molecule has 10 heteroatoms. The summed E-state index contributed by atoms with van der Waals surface area (Å²) in [6, 6.07) is 31.1. The number of nitrogens with zero attached hydrogens (tertiary/aromatic N) is 2. The Hall–Kier alpha value is -3.90. The first-order chi connectivity index (χ1) is 22.5. The van der Waals surface area contributed by atoms with Gasteiger partial charge in [-0.2, -0.15) is 0 Å². The fourth-order valence-corrected chi connectivity index (χ4v) is 12.6. The van der Waals surface area contributed by atoms with Crippen LogP contribution in [0.15, 0.2) is 97.1 Å². The van der Waals surface area contributed by atoms with Gasteiger partial charge in [-0.05, 0) is 94.7 Å². The second kappa shape index (κ2) is 10.3. The number of aromatic nitrogens is 2. The van der Waals surface area contributed by atoms with Gasteiger partial charge in [0, 0.05) is 28.6 Å². The molecule has 0 fully saturated rings. The molecule has 0 saturated heterocycles. The number of hydrogen-bond donors (Lipinski definition) is 0. The number of hydrogen-bond acceptors (Lipinski definition) is 8. The van der Waals surface area contributed by atoms with E-state index in [2.05, 4.69) is 48.5 Å². The summed E-state index contributed by atoms with van der Waals surface area (Å²) in [5.41, 5.74) is 4.10. The number of thiophene rings is 4. The van der Waals surface area contributed by atoms with Crippen molar-refractivity contribution in [2.45, 2.75) is 0 Å². The zero-order valence-corrected chi connectivity index (χ0v) is 28.2. The van der Waals surface area contributed by atoms with Crippen LogP contribution in [0.4, 0.5) is 8.78 Å². The van der Waals surface area contributed by atoms with E-state index >= 15 is 0 Å². The third-order valence-corrected chi connectivity index (χ3v) is 15.0. The molecule has 10 aromatic rings. The molecule has 0 saturated carbocycles. The quantitative estimate of drug-likeness (QED) is 0.182. The van der Waals surface area contributed by atoms with Gasteiger partial charge in [-0.15, -0.1) is 68.0 Å². The highest BCUT2D eigenvalue weighted by molar-refractivity contribution is 7.33. The van der Waals surface area contributed by atoms with E-state index in [-0.39, 0.29) is 11.6 Å². The average molecular weight is 707 g/mol. The minimum absolute atomic E-state index is 0.216. The molecule has 0 aliphatic heterocycles. The van der Waals surface area contributed by atoms with Crippen molar-refractivity contribution in [2.75, 3.05) is 0 Å². The second-order valence-corrected chi connectivity index (χ2v) is 17.3. The Kier molecular flexibility index (Phi) is 6.10. The van der Waals surface area contributed by atoms with Crippen molar-refractivity contribution < 1.29 is 8.78 Å². The van der Waals surface area contributed by atoms with E-state index in [1.54, 1.807) is 68.0 Å². The van der Waals surface area contributed by atoms with E-state index in [0.717, 1.165) is 51.3 Å². The summed E-state index contributed by atoms with van der Waals surface area (Å²) in [4.78, 5) is 14.7. The first-order valence-corrected chi connectivity index (χ1v) is 19.1. The highest BCUT2D eigenvalue weighted by atomic mass is 32.1. The molecule has 0 unspecified atom stereocenters. The number of thiazole rings is 2. The lowest BCUT2D eigenvalue weighted by Crippen LogP contribution is -1.76. The Morgan fingerprint density at radius 1 is 0.370 bits per heavy atom. The van der Waals surface area contributed by atoms with Gasteiger partial charge in [0.15, 0.2) is 0 Å². The number of fused-ring (bicyclic) bond motifs is 5. The Morgan fingerprint density at radius 3 is 1.15 bits per heavy atom. The smallest absolute Gasteiger partial charge is 0.134 e. The van der Waals surface area contributed by atoms with Gasteiger partial charge in [0.05, 0.1) is 30.2 Å². The van der Waals surface area contributed by atoms with Gasteiger partial charge in [-0.25, -0.2) is 18.7 Å². The first-order valence-electron chi connectivity index (χ1n) is 14.2. The maximum absolute atomic E-state index is 13.4. The van der Waals surface area contributed by atoms with E-state index < -0.39 is 0 Å². The fraction of sp³-hybridized carbons (Fsp3) is 0. The van der Waals surface area contributed by atoms with E-state index in [1.165, 1.54) is 63.6 Å². The van der Waals surface area contributed by atoms with Gasteiger partial charge in [0.2, 0.25) is 0 Å². The standard InChI is InChI=1S/C36H16F2N2S6/c37-21-5-1-17(2-6-21)25-13-29-31(41-25)15-33(43-29)35-39-23-9-19-12-28-24(10-20(19)11-27(23)45-35)40-36(46-28)34-16-32-30(44-34)14-26(42-32)18-3-7-22(38)8-4-18/h1-16H. The minimum Gasteiger partial charge on any atom is -0.235 e. The van der Waals surface area contributed by atoms with Crippen LogP contribution in [0.1, 0.15) is 0 Å². The summed E-state index contributed by atoms with van der Waals surface area (Å²) in [7, 11) is 0. The largest absolute Gasteiger partial charge is 0.235 e. The van der Waals surface area contributed by atoms with Gasteiger partial charge in [0.25, 0.3) is 0 Å². The van der Waals surface area contributed by atoms with Crippen LogP contribution in [0, 0.1) is 11.6 Å². The average Bonchev–Trinajstić information content (AvgIpc) is 3.87. The maximum atomic E-state index is 13.4. The van der Waals surface area contributed by atoms with Crippen LogP contribution >= 0.6 is 68.0 Å². The van der Waals surface area contributed by atoms with Crippen LogP contribution in [-0.2, 0) is 0 Å². The molecular formula is C36H16F2N2S6. The van der Waals surface area contributed by atoms with Crippen LogP contribution in [0.5, 0.6) is 0 Å². The van der Waals surface area contributed by atoms with Gasteiger partial charge >= 0.3 is 0 Å². The van der Waals surface area contributed by atoms with Gasteiger partial charge in [0.1, 0.15) is 21.6 Å². The van der Waals surface area contributed by atoms with Crippen molar-refractivity contribution in [3.05, 3.63) is 109 Å². The molecule has 6 heterocycles. The van der Waals surface area contributed by atoms with Crippen LogP contribution in [0.25, 0.3) is 90.7 Å². The summed E-state index contributed by atoms with van der Waals surface area (Å²) < 4.78 is 34.0. The lowest BCUT2D eigenvalue weighted by molar-refractivity contribution is 0.627. The first kappa shape index (κ1) is 27.2. The van der Waals surface area contributed by atoms with Gasteiger partial charge in [-0.1, -0.05) is 24.3 Å². The molecule has 0 aliphatic rings. The molecule has 0 radical (unpaired) electrons. The minimum atomic E-state index is -0.216. The Balaban J connectivity index is 0.964. The van der Waals surface area contributed by atoms with Crippen LogP contribution < -0.4 is 0 Å². The normalized spacial score (nSPS) is 12.1. The molecule has 0 amide bonds. The van der Waals surface area contributed by atoms with Crippen LogP contribution in [0.2, 0.25) is 0 Å². The van der Waals surface area contributed by atoms with Crippen molar-refractivity contribution in [3.8, 4) is 40.7 Å². The van der Waals surface area contributed by atoms with E-state index in [9.17, 15) is 8.78 Å². The third kappa shape index (κ3) is 4.55. The molecular weight excluding hydrogens is 691 g/mol. The summed E-state index contributed by atoms with van der Waals surface area (Å²) in [6.45, 7) is 0. The number of halogens is 2. The predicted octanol–water partition coefficient (Wildman–Crippen LogP) is 13.6. The summed E-state index contributed by atoms with van der Waals surface area (Å²) in [5.74, 6) is -0.432. The Bertz CT molecular complexity index is 2450. The monoisotopic (exact) mass is 706 g/mol. The predicted molar refractivity (Wildman–Crippen MR) is 198 cm³/mol. The zero-order valence-electron chi connectivity index (χ0n) is 23.3. The van der Waals surface area contributed by atoms with E-state index in [1.807, 2.05) is 24.3 Å². The summed E-state index contributed by atoms with van der Waals surface area (Å²) in [5, 5.41) is 4.40. The van der Waals surface area contributed by atoms with Crippen molar-refractivity contribution in [3.63, 3.8) is 0 Å². The second-order valence-electron chi connectivity index (χ2n) is 10.9. The molecule has 0 bridgehead atoms. The lowest BCUT2D eigenvalue weighted by Gasteiger charge is -1.97. The molecule has 2 nitrogen and oxygen atoms in total. The molecule has 0 N–H and O–H groups in total. The summed E-state index contributed by atoms with van der Waals surface area (Å²) >= 11 is 10.4. The van der Waals surface area contributed by atoms with Crippen LogP contribution in [-0.4, -0.2) is 9.97 Å². The molecule has 0 spiro atoms. The van der Waals surface area contributed by atoms with Gasteiger partial charge < -0.3 is 0 Å². The van der Waals surface area contributed by atoms with E-state index in [0.29, 0.717) is 0 Å². The molecule has 220 valence electrons. The Morgan fingerprint density at radius 2 is 0.739 bits per heavy atom. The number of benzene rings is 4. The van der Waals surface area contributed by atoms with Crippen molar-refractivity contribution >= 4 is 118 Å². The highest BCUT2D eigenvalue weighted by Gasteiger charge is 2.16. The van der Waals surface area contributed by atoms with Crippen LogP contribution in [0.3, 0.4) is 0 Å². The molecule has 0 aliphatic carbocycles. The SMILES string of the molecule is Fc1ccc(-c2cc3sc(-c4nc5cc6cc7sc(-c8cc9sc(-c%10ccc(F)cc%10)cc9s8)nc7cc6cc5s4)cc3s2)cc1. The molecule has 46 heavy (non-hydrogen) atoms. The topological polar surface area (TPSA) is 25.8 Å². The number of rotatable bonds is 4. The van der Waals surface area contributed by atoms with E-state index in [4.69, 9.17) is 9.97 Å². The molecule has 4 aromatic carbocycles. The fourth-order valence-electron chi connectivity index (χ4n) is 5.70. The summed E-state index contributed by atoms with van der Waals surface area (Å²) in [6.07, 6.45) is 0. The maximum Gasteiger partial charge on any atom is 0.134 e. The lowest BCUT2D eigenvalue weighted by atomic mass is 10.1. The molecule has 6 aromatic heterocycles. The highest BCUT2D eigenvalue weighted by Crippen LogP contribution is 2.46. The van der Waals surface area contributed by atoms with Gasteiger partial charge in [-0.3, -0.25) is 0 Å². The molecule has 0 atom stereocenters. The molecule has 10 rings (SSSR count). The zero-order chi connectivity index (χ0) is 30.5. The van der Waals surface area contributed by atoms with Crippen molar-refractivity contribution in [1.29, 1.82) is 0 Å².